The van der Waals surface area contributed by atoms with Crippen molar-refractivity contribution in [1.29, 1.82) is 5.26 Å². The minimum absolute atomic E-state index is 0.00349. The van der Waals surface area contributed by atoms with E-state index in [1.54, 1.807) is 36.1 Å². The fourth-order valence-electron chi connectivity index (χ4n) is 4.79. The number of benzene rings is 1. The molecule has 2 atom stereocenters. The van der Waals surface area contributed by atoms with Gasteiger partial charge in [-0.2, -0.15) is 23.5 Å². The number of halogens is 3. The van der Waals surface area contributed by atoms with E-state index in [0.29, 0.717) is 35.6 Å². The van der Waals surface area contributed by atoms with Crippen LogP contribution in [0.3, 0.4) is 0 Å². The Morgan fingerprint density at radius 2 is 2.00 bits per heavy atom. The molecule has 0 N–H and O–H groups in total. The van der Waals surface area contributed by atoms with Gasteiger partial charge in [0, 0.05) is 47.8 Å². The van der Waals surface area contributed by atoms with E-state index < -0.39 is 17.8 Å². The average Bonchev–Trinajstić information content (AvgIpc) is 3.47. The monoisotopic (exact) mass is 527 g/mol. The highest BCUT2D eigenvalue weighted by molar-refractivity contribution is 7.12. The average molecular weight is 528 g/mol. The van der Waals surface area contributed by atoms with Crippen molar-refractivity contribution in [3.8, 4) is 17.2 Å². The molecule has 0 radical (unpaired) electrons. The van der Waals surface area contributed by atoms with Crippen molar-refractivity contribution in [3.05, 3.63) is 75.3 Å². The number of thiophene rings is 1. The van der Waals surface area contributed by atoms with E-state index >= 15 is 0 Å². The lowest BCUT2D eigenvalue weighted by Gasteiger charge is -2.40. The van der Waals surface area contributed by atoms with Crippen molar-refractivity contribution >= 4 is 17.2 Å². The molecule has 0 saturated carbocycles. The van der Waals surface area contributed by atoms with Crippen LogP contribution < -0.4 is 0 Å². The Morgan fingerprint density at radius 1 is 1.27 bits per heavy atom. The van der Waals surface area contributed by atoms with Gasteiger partial charge in [-0.05, 0) is 50.7 Å². The highest BCUT2D eigenvalue weighted by Crippen LogP contribution is 2.46. The number of rotatable bonds is 6. The molecule has 3 aromatic rings. The number of carbonyl (C=O) groups excluding carboxylic acids is 1. The normalized spacial score (nSPS) is 17.9. The number of amides is 1. The summed E-state index contributed by atoms with van der Waals surface area (Å²) in [7, 11) is 3.81. The first kappa shape index (κ1) is 26.6. The predicted octanol–water partition coefficient (Wildman–Crippen LogP) is 5.50. The number of fused-ring (bicyclic) bond motifs is 1. The second-order valence-electron chi connectivity index (χ2n) is 9.28. The van der Waals surface area contributed by atoms with E-state index in [1.807, 2.05) is 38.1 Å². The van der Waals surface area contributed by atoms with Crippen LogP contribution in [0.5, 0.6) is 0 Å². The molecule has 2 aromatic heterocycles. The molecule has 0 saturated heterocycles. The number of nitrogens with zero attached hydrogens (tertiary/aromatic N) is 5. The molecule has 0 spiro atoms. The van der Waals surface area contributed by atoms with Crippen LogP contribution in [0.15, 0.2) is 48.7 Å². The lowest BCUT2D eigenvalue weighted by atomic mass is 9.79. The topological polar surface area (TPSA) is 65.2 Å². The minimum Gasteiger partial charge on any atom is -0.330 e. The lowest BCUT2D eigenvalue weighted by Crippen LogP contribution is -2.44. The number of likely N-dealkylation sites (N-methyl/N-ethyl adjacent to an activating group) is 1. The Balaban J connectivity index is 1.86. The van der Waals surface area contributed by atoms with Crippen LogP contribution in [0, 0.1) is 11.3 Å². The summed E-state index contributed by atoms with van der Waals surface area (Å²) in [5, 5.41) is 13.4. The molecular weight excluding hydrogens is 499 g/mol. The zero-order chi connectivity index (χ0) is 26.9. The smallest absolute Gasteiger partial charge is 0.330 e. The number of nitriles is 1. The van der Waals surface area contributed by atoms with Crippen LogP contribution in [-0.2, 0) is 24.1 Å². The van der Waals surface area contributed by atoms with Crippen molar-refractivity contribution in [2.24, 2.45) is 0 Å². The first-order valence-corrected chi connectivity index (χ1v) is 12.7. The molecule has 1 aliphatic rings. The first-order chi connectivity index (χ1) is 17.5. The molecule has 0 bridgehead atoms. The van der Waals surface area contributed by atoms with Gasteiger partial charge in [-0.25, -0.2) is 0 Å². The summed E-state index contributed by atoms with van der Waals surface area (Å²) in [6.07, 6.45) is 0.132. The Labute approximate surface area is 218 Å². The van der Waals surface area contributed by atoms with Crippen molar-refractivity contribution < 1.29 is 18.0 Å². The molecule has 6 nitrogen and oxygen atoms in total. The standard InChI is InChI=1S/C27H28F3N5OS/c1-5-34-15-22(26(32-34)27(28,29)30)19-9-6-7-10-20(19)25-17(2)35(24(36)11-8-12-33(3)4)16-23-21(25)13-18(14-31)37-23/h6-11,13,15,17,25H,5,12,16H2,1-4H3/b11-8+/t17-,25+/m1/s1. The molecule has 37 heavy (non-hydrogen) atoms. The summed E-state index contributed by atoms with van der Waals surface area (Å²) in [6.45, 7) is 4.89. The maximum atomic E-state index is 14.0. The molecule has 1 aromatic carbocycles. The summed E-state index contributed by atoms with van der Waals surface area (Å²) in [6, 6.07) is 10.6. The third-order valence-corrected chi connectivity index (χ3v) is 7.57. The molecular formula is C27H28F3N5OS. The van der Waals surface area contributed by atoms with E-state index in [0.717, 1.165) is 10.4 Å². The van der Waals surface area contributed by atoms with E-state index in [9.17, 15) is 23.2 Å². The van der Waals surface area contributed by atoms with Crippen molar-refractivity contribution in [2.45, 2.75) is 45.1 Å². The fraction of sp³-hybridized carbons (Fsp3) is 0.370. The second kappa shape index (κ2) is 10.5. The zero-order valence-corrected chi connectivity index (χ0v) is 21.9. The summed E-state index contributed by atoms with van der Waals surface area (Å²) < 4.78 is 43.3. The van der Waals surface area contributed by atoms with Crippen LogP contribution in [0.1, 0.15) is 46.3 Å². The van der Waals surface area contributed by atoms with Crippen molar-refractivity contribution in [2.75, 3.05) is 20.6 Å². The number of aromatic nitrogens is 2. The van der Waals surface area contributed by atoms with Crippen LogP contribution in [0.2, 0.25) is 0 Å². The van der Waals surface area contributed by atoms with Gasteiger partial charge in [-0.3, -0.25) is 9.48 Å². The van der Waals surface area contributed by atoms with Gasteiger partial charge < -0.3 is 9.80 Å². The highest BCUT2D eigenvalue weighted by Gasteiger charge is 2.41. The lowest BCUT2D eigenvalue weighted by molar-refractivity contribution is -0.141. The summed E-state index contributed by atoms with van der Waals surface area (Å²) in [4.78, 5) is 18.3. The summed E-state index contributed by atoms with van der Waals surface area (Å²) >= 11 is 1.32. The molecule has 1 aliphatic heterocycles. The van der Waals surface area contributed by atoms with Gasteiger partial charge in [-0.1, -0.05) is 30.3 Å². The Morgan fingerprint density at radius 3 is 2.65 bits per heavy atom. The Bertz CT molecular complexity index is 1370. The van der Waals surface area contributed by atoms with E-state index in [1.165, 1.54) is 28.3 Å². The SMILES string of the molecule is CCn1cc(-c2ccccc2[C@H]2c3cc(C#N)sc3CN(C(=O)/C=C/CN(C)C)[C@@H]2C)c(C(F)(F)F)n1. The predicted molar refractivity (Wildman–Crippen MR) is 137 cm³/mol. The van der Waals surface area contributed by atoms with E-state index in [2.05, 4.69) is 11.2 Å². The number of hydrogen-bond donors (Lipinski definition) is 0. The van der Waals surface area contributed by atoms with Crippen molar-refractivity contribution in [3.63, 3.8) is 0 Å². The maximum absolute atomic E-state index is 14.0. The molecule has 3 heterocycles. The number of hydrogen-bond acceptors (Lipinski definition) is 5. The van der Waals surface area contributed by atoms with E-state index in [4.69, 9.17) is 0 Å². The molecule has 0 fully saturated rings. The molecule has 4 rings (SSSR count). The fourth-order valence-corrected chi connectivity index (χ4v) is 5.80. The van der Waals surface area contributed by atoms with Gasteiger partial charge in [0.15, 0.2) is 5.69 Å². The van der Waals surface area contributed by atoms with E-state index in [-0.39, 0.29) is 17.5 Å². The van der Waals surface area contributed by atoms with Gasteiger partial charge >= 0.3 is 6.18 Å². The Hall–Kier alpha value is -3.42. The number of aryl methyl sites for hydroxylation is 1. The first-order valence-electron chi connectivity index (χ1n) is 11.9. The largest absolute Gasteiger partial charge is 0.435 e. The Kier molecular flexibility index (Phi) is 7.57. The molecule has 0 aliphatic carbocycles. The van der Waals surface area contributed by atoms with Gasteiger partial charge in [0.25, 0.3) is 0 Å². The number of alkyl halides is 3. The van der Waals surface area contributed by atoms with Gasteiger partial charge in [0.2, 0.25) is 5.91 Å². The van der Waals surface area contributed by atoms with Gasteiger partial charge in [-0.15, -0.1) is 11.3 Å². The van der Waals surface area contributed by atoms with Crippen molar-refractivity contribution in [1.82, 2.24) is 19.6 Å². The van der Waals surface area contributed by atoms with Crippen LogP contribution in [0.4, 0.5) is 13.2 Å². The van der Waals surface area contributed by atoms with Crippen LogP contribution >= 0.6 is 11.3 Å². The summed E-state index contributed by atoms with van der Waals surface area (Å²) in [5.74, 6) is -0.597. The highest BCUT2D eigenvalue weighted by atomic mass is 32.1. The maximum Gasteiger partial charge on any atom is 0.435 e. The van der Waals surface area contributed by atoms with Gasteiger partial charge in [0.1, 0.15) is 10.9 Å². The van der Waals surface area contributed by atoms with Crippen LogP contribution in [-0.4, -0.2) is 52.2 Å². The quantitative estimate of drug-likeness (QED) is 0.397. The summed E-state index contributed by atoms with van der Waals surface area (Å²) in [5.41, 5.74) is 1.02. The molecule has 1 amide bonds. The number of carbonyl (C=O) groups is 1. The third kappa shape index (κ3) is 5.33. The van der Waals surface area contributed by atoms with Crippen LogP contribution in [0.25, 0.3) is 11.1 Å². The third-order valence-electron chi connectivity index (χ3n) is 6.53. The van der Waals surface area contributed by atoms with Gasteiger partial charge in [0.05, 0.1) is 6.54 Å². The molecule has 10 heteroatoms. The second-order valence-corrected chi connectivity index (χ2v) is 10.4. The molecule has 194 valence electrons. The minimum atomic E-state index is -4.62. The zero-order valence-electron chi connectivity index (χ0n) is 21.1. The molecule has 0 unspecified atom stereocenters.